The molecule has 1 N–H and O–H groups in total. The van der Waals surface area contributed by atoms with Crippen LogP contribution in [0.5, 0.6) is 0 Å². The summed E-state index contributed by atoms with van der Waals surface area (Å²) in [5, 5.41) is 7.85. The summed E-state index contributed by atoms with van der Waals surface area (Å²) in [5.74, 6) is 0.188. The molecule has 0 unspecified atom stereocenters. The van der Waals surface area contributed by atoms with Crippen LogP contribution in [-0.2, 0) is 9.68 Å². The molecule has 0 aromatic carbocycles. The lowest BCUT2D eigenvalue weighted by Gasteiger charge is -1.93. The average Bonchev–Trinajstić information content (AvgIpc) is 1.80. The third-order valence-corrected chi connectivity index (χ3v) is 1.01. The second kappa shape index (κ2) is 5.72. The zero-order valence-electron chi connectivity index (χ0n) is 5.59. The van der Waals surface area contributed by atoms with E-state index in [0.717, 1.165) is 12.8 Å². The average molecular weight is 132 g/mol. The molecular formula is C6H12O3. The van der Waals surface area contributed by atoms with Crippen LogP contribution >= 0.6 is 0 Å². The number of carbonyl (C=O) groups is 1. The summed E-state index contributed by atoms with van der Waals surface area (Å²) < 4.78 is 0. The monoisotopic (exact) mass is 132 g/mol. The highest BCUT2D eigenvalue weighted by Crippen LogP contribution is 1.95. The minimum absolute atomic E-state index is 0.188. The van der Waals surface area contributed by atoms with Crippen LogP contribution in [0.2, 0.25) is 0 Å². The van der Waals surface area contributed by atoms with Gasteiger partial charge in [-0.1, -0.05) is 0 Å². The van der Waals surface area contributed by atoms with Gasteiger partial charge < -0.3 is 4.79 Å². The van der Waals surface area contributed by atoms with Crippen molar-refractivity contribution in [2.75, 3.05) is 6.61 Å². The van der Waals surface area contributed by atoms with E-state index in [4.69, 9.17) is 5.26 Å². The quantitative estimate of drug-likeness (QED) is 0.347. The van der Waals surface area contributed by atoms with Gasteiger partial charge in [0.2, 0.25) is 0 Å². The SMILES string of the molecule is CC(=O)CCCCOO. The molecule has 0 rings (SSSR count). The minimum Gasteiger partial charge on any atom is -0.300 e. The van der Waals surface area contributed by atoms with Crippen LogP contribution in [0.3, 0.4) is 0 Å². The van der Waals surface area contributed by atoms with Gasteiger partial charge in [0.1, 0.15) is 5.78 Å². The van der Waals surface area contributed by atoms with Crippen molar-refractivity contribution in [1.29, 1.82) is 0 Å². The topological polar surface area (TPSA) is 46.5 Å². The van der Waals surface area contributed by atoms with Crippen molar-refractivity contribution >= 4 is 5.78 Å². The van der Waals surface area contributed by atoms with Crippen molar-refractivity contribution in [3.05, 3.63) is 0 Å². The number of hydrogen-bond acceptors (Lipinski definition) is 3. The molecule has 0 aliphatic carbocycles. The Bertz CT molecular complexity index is 80.4. The summed E-state index contributed by atoms with van der Waals surface area (Å²) in [4.78, 5) is 14.1. The fourth-order valence-electron chi connectivity index (χ4n) is 0.541. The lowest BCUT2D eigenvalue weighted by Crippen LogP contribution is -1.93. The maximum Gasteiger partial charge on any atom is 0.129 e. The summed E-state index contributed by atoms with van der Waals surface area (Å²) in [6.45, 7) is 1.88. The maximum atomic E-state index is 10.3. The van der Waals surface area contributed by atoms with Gasteiger partial charge in [-0.25, -0.2) is 4.89 Å². The van der Waals surface area contributed by atoms with E-state index in [2.05, 4.69) is 4.89 Å². The van der Waals surface area contributed by atoms with Crippen molar-refractivity contribution in [1.82, 2.24) is 0 Å². The van der Waals surface area contributed by atoms with Crippen LogP contribution < -0.4 is 0 Å². The largest absolute Gasteiger partial charge is 0.300 e. The molecule has 3 heteroatoms. The van der Waals surface area contributed by atoms with Crippen LogP contribution in [0, 0.1) is 0 Å². The first-order valence-corrected chi connectivity index (χ1v) is 3.03. The molecule has 0 spiro atoms. The van der Waals surface area contributed by atoms with Gasteiger partial charge in [0, 0.05) is 6.42 Å². The molecule has 0 bridgehead atoms. The Morgan fingerprint density at radius 2 is 2.22 bits per heavy atom. The number of carbonyl (C=O) groups excluding carboxylic acids is 1. The molecule has 0 aliphatic rings. The van der Waals surface area contributed by atoms with Gasteiger partial charge >= 0.3 is 0 Å². The summed E-state index contributed by atoms with van der Waals surface area (Å²) in [6, 6.07) is 0. The lowest BCUT2D eigenvalue weighted by molar-refractivity contribution is -0.242. The van der Waals surface area contributed by atoms with Gasteiger partial charge in [-0.2, -0.15) is 0 Å². The molecule has 0 radical (unpaired) electrons. The van der Waals surface area contributed by atoms with E-state index in [1.807, 2.05) is 0 Å². The number of rotatable bonds is 5. The third kappa shape index (κ3) is 7.59. The second-order valence-corrected chi connectivity index (χ2v) is 1.99. The molecule has 0 heterocycles. The summed E-state index contributed by atoms with van der Waals surface area (Å²) in [6.07, 6.45) is 2.13. The Morgan fingerprint density at radius 1 is 1.56 bits per heavy atom. The Balaban J connectivity index is 2.83. The van der Waals surface area contributed by atoms with Crippen molar-refractivity contribution in [3.8, 4) is 0 Å². The van der Waals surface area contributed by atoms with E-state index in [1.54, 1.807) is 6.92 Å². The molecule has 0 fully saturated rings. The van der Waals surface area contributed by atoms with Crippen molar-refractivity contribution in [2.45, 2.75) is 26.2 Å². The van der Waals surface area contributed by atoms with E-state index in [-0.39, 0.29) is 5.78 Å². The first-order chi connectivity index (χ1) is 4.27. The van der Waals surface area contributed by atoms with E-state index in [1.165, 1.54) is 0 Å². The predicted octanol–water partition coefficient (Wildman–Crippen LogP) is 1.24. The van der Waals surface area contributed by atoms with Gasteiger partial charge in [0.15, 0.2) is 0 Å². The standard InChI is InChI=1S/C6H12O3/c1-6(7)4-2-3-5-9-8/h8H,2-5H2,1H3. The highest BCUT2D eigenvalue weighted by Gasteiger charge is 1.92. The molecule has 0 aromatic heterocycles. The van der Waals surface area contributed by atoms with Crippen molar-refractivity contribution in [3.63, 3.8) is 0 Å². The first-order valence-electron chi connectivity index (χ1n) is 3.03. The van der Waals surface area contributed by atoms with Crippen LogP contribution in [0.15, 0.2) is 0 Å². The fourth-order valence-corrected chi connectivity index (χ4v) is 0.541. The van der Waals surface area contributed by atoms with Crippen LogP contribution in [0.1, 0.15) is 26.2 Å². The molecule has 0 aliphatic heterocycles. The Kier molecular flexibility index (Phi) is 5.46. The van der Waals surface area contributed by atoms with Gasteiger partial charge in [-0.05, 0) is 19.8 Å². The fraction of sp³-hybridized carbons (Fsp3) is 0.833. The van der Waals surface area contributed by atoms with E-state index < -0.39 is 0 Å². The number of hydrogen-bond donors (Lipinski definition) is 1. The number of unbranched alkanes of at least 4 members (excludes halogenated alkanes) is 1. The molecule has 0 amide bonds. The number of ketones is 1. The third-order valence-electron chi connectivity index (χ3n) is 1.01. The maximum absolute atomic E-state index is 10.3. The summed E-state index contributed by atoms with van der Waals surface area (Å²) in [5.41, 5.74) is 0. The predicted molar refractivity (Wildman–Crippen MR) is 33.1 cm³/mol. The van der Waals surface area contributed by atoms with Gasteiger partial charge in [-0.3, -0.25) is 5.26 Å². The minimum atomic E-state index is 0.188. The lowest BCUT2D eigenvalue weighted by atomic mass is 10.2. The van der Waals surface area contributed by atoms with E-state index in [0.29, 0.717) is 13.0 Å². The molecule has 0 saturated carbocycles. The van der Waals surface area contributed by atoms with Gasteiger partial charge in [-0.15, -0.1) is 0 Å². The summed E-state index contributed by atoms with van der Waals surface area (Å²) in [7, 11) is 0. The van der Waals surface area contributed by atoms with E-state index >= 15 is 0 Å². The van der Waals surface area contributed by atoms with Crippen molar-refractivity contribution in [2.24, 2.45) is 0 Å². The molecule has 0 saturated heterocycles. The Morgan fingerprint density at radius 3 is 2.67 bits per heavy atom. The Labute approximate surface area is 54.6 Å². The van der Waals surface area contributed by atoms with Gasteiger partial charge in [0.25, 0.3) is 0 Å². The van der Waals surface area contributed by atoms with Gasteiger partial charge in [0.05, 0.1) is 6.61 Å². The smallest absolute Gasteiger partial charge is 0.129 e. The van der Waals surface area contributed by atoms with Crippen LogP contribution in [0.25, 0.3) is 0 Å². The highest BCUT2D eigenvalue weighted by atomic mass is 17.1. The molecule has 54 valence electrons. The first kappa shape index (κ1) is 8.59. The highest BCUT2D eigenvalue weighted by molar-refractivity contribution is 5.75. The molecular weight excluding hydrogens is 120 g/mol. The molecule has 9 heavy (non-hydrogen) atoms. The van der Waals surface area contributed by atoms with Crippen LogP contribution in [0.4, 0.5) is 0 Å². The number of Topliss-reactive ketones (excluding diaryl/α,β-unsaturated/α-hetero) is 1. The Hall–Kier alpha value is -0.410. The van der Waals surface area contributed by atoms with Crippen molar-refractivity contribution < 1.29 is 14.9 Å². The normalized spacial score (nSPS) is 9.56. The summed E-state index contributed by atoms with van der Waals surface area (Å²) >= 11 is 0. The second-order valence-electron chi connectivity index (χ2n) is 1.99. The zero-order chi connectivity index (χ0) is 7.11. The van der Waals surface area contributed by atoms with E-state index in [9.17, 15) is 4.79 Å². The zero-order valence-corrected chi connectivity index (χ0v) is 5.59. The molecule has 0 aromatic rings. The molecule has 3 nitrogen and oxygen atoms in total. The van der Waals surface area contributed by atoms with Crippen LogP contribution in [-0.4, -0.2) is 17.6 Å². The molecule has 0 atom stereocenters.